The molecular formula is C16H18ClN3OS. The monoisotopic (exact) mass is 335 g/mol. The molecule has 1 saturated heterocycles. The predicted molar refractivity (Wildman–Crippen MR) is 91.8 cm³/mol. The van der Waals surface area contributed by atoms with Crippen molar-refractivity contribution in [1.29, 1.82) is 0 Å². The molecule has 0 aliphatic carbocycles. The Balaban J connectivity index is 1.69. The van der Waals surface area contributed by atoms with Crippen LogP contribution in [0.5, 0.6) is 0 Å². The summed E-state index contributed by atoms with van der Waals surface area (Å²) in [7, 11) is 0. The molecule has 3 rings (SSSR count). The van der Waals surface area contributed by atoms with Crippen LogP contribution in [0.25, 0.3) is 0 Å². The van der Waals surface area contributed by atoms with Crippen molar-refractivity contribution in [2.24, 2.45) is 5.73 Å². The lowest BCUT2D eigenvalue weighted by Crippen LogP contribution is -2.46. The van der Waals surface area contributed by atoms with Crippen molar-refractivity contribution < 1.29 is 4.79 Å². The van der Waals surface area contributed by atoms with E-state index in [9.17, 15) is 4.79 Å². The highest BCUT2D eigenvalue weighted by Gasteiger charge is 2.22. The maximum absolute atomic E-state index is 11.7. The van der Waals surface area contributed by atoms with Crippen molar-refractivity contribution in [3.63, 3.8) is 0 Å². The number of hydrogen-bond acceptors (Lipinski definition) is 4. The second-order valence-electron chi connectivity index (χ2n) is 5.39. The Morgan fingerprint density at radius 2 is 2.00 bits per heavy atom. The zero-order valence-corrected chi connectivity index (χ0v) is 13.7. The molecule has 1 aliphatic rings. The number of piperazine rings is 1. The molecule has 0 bridgehead atoms. The topological polar surface area (TPSA) is 49.6 Å². The molecular weight excluding hydrogens is 318 g/mol. The Morgan fingerprint density at radius 1 is 1.23 bits per heavy atom. The molecule has 0 spiro atoms. The van der Waals surface area contributed by atoms with Gasteiger partial charge in [0.1, 0.15) is 0 Å². The summed E-state index contributed by atoms with van der Waals surface area (Å²) in [6.45, 7) is 4.63. The average molecular weight is 336 g/mol. The Kier molecular flexibility index (Phi) is 4.66. The van der Waals surface area contributed by atoms with Gasteiger partial charge in [-0.3, -0.25) is 9.69 Å². The number of nitrogens with zero attached hydrogens (tertiary/aromatic N) is 2. The van der Waals surface area contributed by atoms with E-state index >= 15 is 0 Å². The maximum atomic E-state index is 11.7. The van der Waals surface area contributed by atoms with E-state index in [1.54, 1.807) is 17.4 Å². The summed E-state index contributed by atoms with van der Waals surface area (Å²) in [4.78, 5) is 16.3. The number of primary amides is 1. The van der Waals surface area contributed by atoms with Gasteiger partial charge in [0.15, 0.2) is 0 Å². The minimum atomic E-state index is -0.471. The third kappa shape index (κ3) is 3.27. The molecule has 1 fully saturated rings. The number of anilines is 1. The first kappa shape index (κ1) is 15.3. The number of thiophene rings is 1. The molecule has 116 valence electrons. The van der Waals surface area contributed by atoms with E-state index in [0.717, 1.165) is 38.4 Å². The van der Waals surface area contributed by atoms with E-state index in [4.69, 9.17) is 17.3 Å². The van der Waals surface area contributed by atoms with Gasteiger partial charge in [-0.2, -0.15) is 11.3 Å². The van der Waals surface area contributed by atoms with E-state index in [1.807, 2.05) is 12.1 Å². The van der Waals surface area contributed by atoms with Gasteiger partial charge >= 0.3 is 0 Å². The van der Waals surface area contributed by atoms with Crippen LogP contribution in [0, 0.1) is 0 Å². The largest absolute Gasteiger partial charge is 0.368 e. The summed E-state index contributed by atoms with van der Waals surface area (Å²) in [5.74, 6) is -0.471. The zero-order valence-electron chi connectivity index (χ0n) is 12.2. The number of amides is 1. The van der Waals surface area contributed by atoms with Gasteiger partial charge in [0.2, 0.25) is 0 Å². The first-order valence-electron chi connectivity index (χ1n) is 7.22. The van der Waals surface area contributed by atoms with E-state index in [1.165, 1.54) is 5.56 Å². The van der Waals surface area contributed by atoms with E-state index in [-0.39, 0.29) is 0 Å². The van der Waals surface area contributed by atoms with Gasteiger partial charge in [0.25, 0.3) is 5.91 Å². The SMILES string of the molecule is NC(=O)c1c(Cl)cccc1N1CCN(Cc2ccsc2)CC1. The summed E-state index contributed by atoms with van der Waals surface area (Å²) in [6.07, 6.45) is 0. The number of carbonyl (C=O) groups is 1. The molecule has 0 radical (unpaired) electrons. The molecule has 1 aromatic heterocycles. The van der Waals surface area contributed by atoms with Crippen LogP contribution in [0.1, 0.15) is 15.9 Å². The highest BCUT2D eigenvalue weighted by atomic mass is 35.5. The van der Waals surface area contributed by atoms with E-state index < -0.39 is 5.91 Å². The highest BCUT2D eigenvalue weighted by Crippen LogP contribution is 2.28. The molecule has 1 aromatic carbocycles. The molecule has 0 unspecified atom stereocenters. The average Bonchev–Trinajstić information content (AvgIpc) is 3.00. The van der Waals surface area contributed by atoms with Gasteiger partial charge in [0.05, 0.1) is 16.3 Å². The van der Waals surface area contributed by atoms with Gasteiger partial charge in [-0.05, 0) is 34.5 Å². The minimum absolute atomic E-state index is 0.422. The van der Waals surface area contributed by atoms with Crippen molar-refractivity contribution >= 4 is 34.5 Å². The molecule has 0 atom stereocenters. The van der Waals surface area contributed by atoms with Crippen molar-refractivity contribution in [1.82, 2.24) is 4.90 Å². The molecule has 6 heteroatoms. The second kappa shape index (κ2) is 6.69. The summed E-state index contributed by atoms with van der Waals surface area (Å²) in [5.41, 5.74) is 8.11. The van der Waals surface area contributed by atoms with Gasteiger partial charge in [0, 0.05) is 32.7 Å². The van der Waals surface area contributed by atoms with Crippen LogP contribution in [-0.4, -0.2) is 37.0 Å². The highest BCUT2D eigenvalue weighted by molar-refractivity contribution is 7.07. The van der Waals surface area contributed by atoms with Crippen molar-refractivity contribution in [2.75, 3.05) is 31.1 Å². The third-order valence-electron chi connectivity index (χ3n) is 3.94. The molecule has 2 N–H and O–H groups in total. The van der Waals surface area contributed by atoms with Crippen LogP contribution in [0.3, 0.4) is 0 Å². The summed E-state index contributed by atoms with van der Waals surface area (Å²) < 4.78 is 0. The second-order valence-corrected chi connectivity index (χ2v) is 6.58. The van der Waals surface area contributed by atoms with Crippen molar-refractivity contribution in [2.45, 2.75) is 6.54 Å². The lowest BCUT2D eigenvalue weighted by Gasteiger charge is -2.36. The smallest absolute Gasteiger partial charge is 0.252 e. The van der Waals surface area contributed by atoms with Crippen LogP contribution >= 0.6 is 22.9 Å². The van der Waals surface area contributed by atoms with Crippen LogP contribution in [0.2, 0.25) is 5.02 Å². The third-order valence-corrected chi connectivity index (χ3v) is 4.98. The lowest BCUT2D eigenvalue weighted by atomic mass is 10.1. The normalized spacial score (nSPS) is 16.0. The van der Waals surface area contributed by atoms with Crippen LogP contribution in [0.15, 0.2) is 35.0 Å². The molecule has 1 amide bonds. The van der Waals surface area contributed by atoms with Crippen LogP contribution in [0.4, 0.5) is 5.69 Å². The first-order chi connectivity index (χ1) is 10.6. The Bertz CT molecular complexity index is 651. The zero-order chi connectivity index (χ0) is 15.5. The quantitative estimate of drug-likeness (QED) is 0.934. The summed E-state index contributed by atoms with van der Waals surface area (Å²) in [5, 5.41) is 4.72. The molecule has 2 heterocycles. The van der Waals surface area contributed by atoms with Crippen molar-refractivity contribution in [3.05, 3.63) is 51.2 Å². The van der Waals surface area contributed by atoms with Gasteiger partial charge < -0.3 is 10.6 Å². The molecule has 1 aliphatic heterocycles. The van der Waals surface area contributed by atoms with Crippen LogP contribution < -0.4 is 10.6 Å². The van der Waals surface area contributed by atoms with E-state index in [0.29, 0.717) is 10.6 Å². The summed E-state index contributed by atoms with van der Waals surface area (Å²) >= 11 is 7.86. The number of benzene rings is 1. The molecule has 0 saturated carbocycles. The number of rotatable bonds is 4. The molecule has 22 heavy (non-hydrogen) atoms. The Labute approximate surface area is 139 Å². The Morgan fingerprint density at radius 3 is 2.64 bits per heavy atom. The number of hydrogen-bond donors (Lipinski definition) is 1. The molecule has 4 nitrogen and oxygen atoms in total. The Hall–Kier alpha value is -1.56. The van der Waals surface area contributed by atoms with Crippen molar-refractivity contribution in [3.8, 4) is 0 Å². The standard InChI is InChI=1S/C16H18ClN3OS/c17-13-2-1-3-14(15(13)16(18)21)20-7-5-19(6-8-20)10-12-4-9-22-11-12/h1-4,9,11H,5-8,10H2,(H2,18,21). The minimum Gasteiger partial charge on any atom is -0.368 e. The van der Waals surface area contributed by atoms with E-state index in [2.05, 4.69) is 26.6 Å². The first-order valence-corrected chi connectivity index (χ1v) is 8.54. The number of carbonyl (C=O) groups excluding carboxylic acids is 1. The molecule has 2 aromatic rings. The fourth-order valence-corrected chi connectivity index (χ4v) is 3.73. The number of nitrogens with two attached hydrogens (primary N) is 1. The predicted octanol–water partition coefficient (Wildman–Crippen LogP) is 2.82. The van der Waals surface area contributed by atoms with Gasteiger partial charge in [-0.25, -0.2) is 0 Å². The van der Waals surface area contributed by atoms with Gasteiger partial charge in [-0.15, -0.1) is 0 Å². The summed E-state index contributed by atoms with van der Waals surface area (Å²) in [6, 6.07) is 7.65. The number of halogens is 1. The van der Waals surface area contributed by atoms with Crippen LogP contribution in [-0.2, 0) is 6.54 Å². The maximum Gasteiger partial charge on any atom is 0.252 e. The fraction of sp³-hybridized carbons (Fsp3) is 0.312. The fourth-order valence-electron chi connectivity index (χ4n) is 2.81. The van der Waals surface area contributed by atoms with Gasteiger partial charge in [-0.1, -0.05) is 17.7 Å². The lowest BCUT2D eigenvalue weighted by molar-refractivity contribution is 0.100.